The van der Waals surface area contributed by atoms with E-state index in [9.17, 15) is 4.79 Å². The van der Waals surface area contributed by atoms with E-state index in [1.807, 2.05) is 37.3 Å². The van der Waals surface area contributed by atoms with E-state index in [-0.39, 0.29) is 5.91 Å². The minimum Gasteiger partial charge on any atom is -0.476 e. The van der Waals surface area contributed by atoms with E-state index >= 15 is 0 Å². The Morgan fingerprint density at radius 1 is 1.08 bits per heavy atom. The number of pyridine rings is 1. The van der Waals surface area contributed by atoms with Crippen LogP contribution in [0.5, 0.6) is 5.88 Å². The van der Waals surface area contributed by atoms with Gasteiger partial charge in [0, 0.05) is 70.2 Å². The maximum Gasteiger partial charge on any atom is 0.223 e. The number of anilines is 2. The van der Waals surface area contributed by atoms with Gasteiger partial charge in [-0.3, -0.25) is 9.69 Å². The molecule has 0 N–H and O–H groups in total. The fourth-order valence-corrected chi connectivity index (χ4v) is 4.23. The number of aromatic nitrogens is 1. The van der Waals surface area contributed by atoms with Gasteiger partial charge in [0.05, 0.1) is 33.0 Å². The molecule has 2 aromatic rings. The van der Waals surface area contributed by atoms with Crippen molar-refractivity contribution in [2.45, 2.75) is 20.4 Å². The molecule has 194 valence electrons. The Balaban J connectivity index is 1.49. The standard InChI is InChI=1S/C26H36N6O4/c1-20-4-5-24(30(3)21(2)33)22(16-20)19-27-29-25-17-23(32-9-13-35-14-10-32)18-26(28-25)36-15-8-31-6-11-34-12-7-31/h4-5,16-18H,6-15,19H2,1-3H3. The van der Waals surface area contributed by atoms with Crippen LogP contribution in [0.2, 0.25) is 0 Å². The number of azo groups is 1. The first-order valence-electron chi connectivity index (χ1n) is 12.5. The van der Waals surface area contributed by atoms with Crippen molar-refractivity contribution in [2.75, 3.05) is 82.6 Å². The molecule has 2 aliphatic rings. The molecule has 0 unspecified atom stereocenters. The van der Waals surface area contributed by atoms with E-state index in [1.165, 1.54) is 0 Å². The van der Waals surface area contributed by atoms with Gasteiger partial charge in [0.2, 0.25) is 11.8 Å². The third-order valence-corrected chi connectivity index (χ3v) is 6.39. The summed E-state index contributed by atoms with van der Waals surface area (Å²) in [5.74, 6) is 0.999. The first-order valence-corrected chi connectivity index (χ1v) is 12.5. The second-order valence-corrected chi connectivity index (χ2v) is 9.03. The Labute approximate surface area is 212 Å². The molecule has 0 radical (unpaired) electrons. The number of carbonyl (C=O) groups excluding carboxylic acids is 1. The van der Waals surface area contributed by atoms with Crippen molar-refractivity contribution in [3.05, 3.63) is 41.5 Å². The monoisotopic (exact) mass is 496 g/mol. The molecule has 3 heterocycles. The highest BCUT2D eigenvalue weighted by Crippen LogP contribution is 2.27. The van der Waals surface area contributed by atoms with Crippen LogP contribution >= 0.6 is 0 Å². The van der Waals surface area contributed by atoms with Gasteiger partial charge in [0.1, 0.15) is 6.61 Å². The molecule has 36 heavy (non-hydrogen) atoms. The van der Waals surface area contributed by atoms with Gasteiger partial charge in [-0.2, -0.15) is 10.1 Å². The van der Waals surface area contributed by atoms with Crippen molar-refractivity contribution < 1.29 is 19.0 Å². The van der Waals surface area contributed by atoms with Gasteiger partial charge in [0.15, 0.2) is 5.82 Å². The van der Waals surface area contributed by atoms with Crippen LogP contribution in [0, 0.1) is 6.92 Å². The van der Waals surface area contributed by atoms with Gasteiger partial charge in [-0.05, 0) is 18.6 Å². The van der Waals surface area contributed by atoms with Crippen molar-refractivity contribution in [2.24, 2.45) is 10.2 Å². The fraction of sp³-hybridized carbons (Fsp3) is 0.538. The van der Waals surface area contributed by atoms with Gasteiger partial charge in [0.25, 0.3) is 0 Å². The molecular formula is C26H36N6O4. The predicted molar refractivity (Wildman–Crippen MR) is 139 cm³/mol. The van der Waals surface area contributed by atoms with E-state index in [4.69, 9.17) is 14.2 Å². The fourth-order valence-electron chi connectivity index (χ4n) is 4.23. The average Bonchev–Trinajstić information content (AvgIpc) is 2.89. The number of carbonyl (C=O) groups is 1. The van der Waals surface area contributed by atoms with Gasteiger partial charge in [-0.15, -0.1) is 5.11 Å². The van der Waals surface area contributed by atoms with Crippen molar-refractivity contribution in [3.8, 4) is 5.88 Å². The SMILES string of the molecule is CC(=O)N(C)c1ccc(C)cc1CN=Nc1cc(N2CCOCC2)cc(OCCN2CCOCC2)n1. The van der Waals surface area contributed by atoms with E-state index in [0.717, 1.165) is 68.4 Å². The van der Waals surface area contributed by atoms with Crippen LogP contribution in [0.4, 0.5) is 17.2 Å². The highest BCUT2D eigenvalue weighted by molar-refractivity contribution is 5.91. The normalized spacial score (nSPS) is 16.9. The van der Waals surface area contributed by atoms with Crippen molar-refractivity contribution >= 4 is 23.1 Å². The summed E-state index contributed by atoms with van der Waals surface area (Å²) in [5, 5.41) is 8.88. The Morgan fingerprint density at radius 2 is 1.81 bits per heavy atom. The van der Waals surface area contributed by atoms with Crippen LogP contribution < -0.4 is 14.5 Å². The van der Waals surface area contributed by atoms with Crippen molar-refractivity contribution in [3.63, 3.8) is 0 Å². The van der Waals surface area contributed by atoms with Crippen LogP contribution in [0.3, 0.4) is 0 Å². The number of amides is 1. The zero-order valence-corrected chi connectivity index (χ0v) is 21.5. The molecule has 0 aliphatic carbocycles. The van der Waals surface area contributed by atoms with Crippen LogP contribution in [-0.4, -0.2) is 88.6 Å². The average molecular weight is 497 g/mol. The zero-order valence-electron chi connectivity index (χ0n) is 21.5. The topological polar surface area (TPSA) is 92.1 Å². The molecule has 0 saturated carbocycles. The molecule has 10 nitrogen and oxygen atoms in total. The summed E-state index contributed by atoms with van der Waals surface area (Å²) in [6, 6.07) is 9.86. The molecule has 2 fully saturated rings. The lowest BCUT2D eigenvalue weighted by atomic mass is 10.1. The Bertz CT molecular complexity index is 1050. The molecule has 10 heteroatoms. The number of hydrogen-bond acceptors (Lipinski definition) is 9. The minimum atomic E-state index is -0.0317. The third kappa shape index (κ3) is 7.22. The smallest absolute Gasteiger partial charge is 0.223 e. The van der Waals surface area contributed by atoms with E-state index < -0.39 is 0 Å². The number of morpholine rings is 2. The number of aryl methyl sites for hydroxylation is 1. The summed E-state index contributed by atoms with van der Waals surface area (Å²) < 4.78 is 17.0. The van der Waals surface area contributed by atoms with E-state index in [2.05, 4.69) is 25.0 Å². The van der Waals surface area contributed by atoms with Crippen LogP contribution in [-0.2, 0) is 20.8 Å². The van der Waals surface area contributed by atoms with Crippen LogP contribution in [0.25, 0.3) is 0 Å². The van der Waals surface area contributed by atoms with E-state index in [0.29, 0.717) is 38.1 Å². The van der Waals surface area contributed by atoms with Crippen LogP contribution in [0.15, 0.2) is 40.6 Å². The molecule has 1 aromatic heterocycles. The van der Waals surface area contributed by atoms with Crippen molar-refractivity contribution in [1.82, 2.24) is 9.88 Å². The molecule has 0 atom stereocenters. The largest absolute Gasteiger partial charge is 0.476 e. The molecular weight excluding hydrogens is 460 g/mol. The molecule has 1 aromatic carbocycles. The summed E-state index contributed by atoms with van der Waals surface area (Å²) in [5.41, 5.74) is 3.86. The maximum absolute atomic E-state index is 11.9. The summed E-state index contributed by atoms with van der Waals surface area (Å²) in [4.78, 5) is 22.7. The van der Waals surface area contributed by atoms with Crippen molar-refractivity contribution in [1.29, 1.82) is 0 Å². The summed E-state index contributed by atoms with van der Waals surface area (Å²) in [7, 11) is 1.77. The highest BCUT2D eigenvalue weighted by Gasteiger charge is 2.16. The second-order valence-electron chi connectivity index (χ2n) is 9.03. The second kappa shape index (κ2) is 12.8. The maximum atomic E-state index is 11.9. The Morgan fingerprint density at radius 3 is 2.53 bits per heavy atom. The lowest BCUT2D eigenvalue weighted by molar-refractivity contribution is -0.116. The lowest BCUT2D eigenvalue weighted by Crippen LogP contribution is -2.38. The van der Waals surface area contributed by atoms with Gasteiger partial charge < -0.3 is 24.0 Å². The molecule has 4 rings (SSSR count). The van der Waals surface area contributed by atoms with Gasteiger partial charge in [-0.1, -0.05) is 17.7 Å². The lowest BCUT2D eigenvalue weighted by Gasteiger charge is -2.29. The molecule has 0 spiro atoms. The zero-order chi connectivity index (χ0) is 25.3. The van der Waals surface area contributed by atoms with Gasteiger partial charge in [-0.25, -0.2) is 0 Å². The number of hydrogen-bond donors (Lipinski definition) is 0. The number of ether oxygens (including phenoxy) is 3. The first kappa shape index (κ1) is 26.0. The number of nitrogens with zero attached hydrogens (tertiary/aromatic N) is 6. The Kier molecular flexibility index (Phi) is 9.21. The number of benzene rings is 1. The van der Waals surface area contributed by atoms with E-state index in [1.54, 1.807) is 18.9 Å². The highest BCUT2D eigenvalue weighted by atomic mass is 16.5. The predicted octanol–water partition coefficient (Wildman–Crippen LogP) is 3.20. The van der Waals surface area contributed by atoms with Crippen LogP contribution in [0.1, 0.15) is 18.1 Å². The molecule has 2 saturated heterocycles. The molecule has 0 bridgehead atoms. The first-order chi connectivity index (χ1) is 17.5. The van der Waals surface area contributed by atoms with Gasteiger partial charge >= 0.3 is 0 Å². The quantitative estimate of drug-likeness (QED) is 0.492. The summed E-state index contributed by atoms with van der Waals surface area (Å²) in [6.07, 6.45) is 0. The third-order valence-electron chi connectivity index (χ3n) is 6.39. The summed E-state index contributed by atoms with van der Waals surface area (Å²) in [6.45, 7) is 11.6. The Hall–Kier alpha value is -3.08. The summed E-state index contributed by atoms with van der Waals surface area (Å²) >= 11 is 0. The minimum absolute atomic E-state index is 0.0317. The number of rotatable bonds is 9. The molecule has 2 aliphatic heterocycles. The molecule has 1 amide bonds.